The molecule has 1 fully saturated rings. The number of nitrogens with one attached hydrogen (secondary N) is 1. The van der Waals surface area contributed by atoms with Crippen molar-refractivity contribution >= 4 is 17.5 Å². The van der Waals surface area contributed by atoms with Crippen LogP contribution in [0.5, 0.6) is 0 Å². The van der Waals surface area contributed by atoms with Crippen molar-refractivity contribution < 1.29 is 9.34 Å². The third kappa shape index (κ3) is 2.60. The molecule has 0 amide bonds. The predicted octanol–water partition coefficient (Wildman–Crippen LogP) is 4.07. The second-order valence-corrected chi connectivity index (χ2v) is 6.14. The third-order valence-corrected chi connectivity index (χ3v) is 4.67. The zero-order valence-electron chi connectivity index (χ0n) is 13.0. The summed E-state index contributed by atoms with van der Waals surface area (Å²) in [6.45, 7) is 0. The van der Waals surface area contributed by atoms with E-state index in [-0.39, 0.29) is 22.6 Å². The summed E-state index contributed by atoms with van der Waals surface area (Å²) < 4.78 is 5.41. The second kappa shape index (κ2) is 5.96. The van der Waals surface area contributed by atoms with Crippen molar-refractivity contribution in [3.63, 3.8) is 0 Å². The normalized spacial score (nSPS) is 24.3. The quantitative estimate of drug-likeness (QED) is 0.682. The predicted molar refractivity (Wildman–Crippen MR) is 90.4 cm³/mol. The van der Waals surface area contributed by atoms with E-state index in [0.29, 0.717) is 0 Å². The summed E-state index contributed by atoms with van der Waals surface area (Å²) in [6, 6.07) is 10.6. The molecule has 6 heteroatoms. The zero-order valence-corrected chi connectivity index (χ0v) is 13.0. The lowest BCUT2D eigenvalue weighted by atomic mass is 9.78. The standard InChI is InChI=1S/C18H17N3O3/c22-21(23)14-6-1-4-12(10-14)17-16-8-2-5-13(18(16)20-19-17)11-15-7-3-9-24-15/h1,3-4,6-7,9-11,16-17,19H,2,5,8H2/b13-11+/t16-,17-/m1/s1. The first-order valence-electron chi connectivity index (χ1n) is 8.04. The van der Waals surface area contributed by atoms with E-state index in [1.165, 1.54) is 11.6 Å². The Bertz CT molecular complexity index is 824. The van der Waals surface area contributed by atoms with Crippen LogP contribution in [0, 0.1) is 16.0 Å². The van der Waals surface area contributed by atoms with Gasteiger partial charge < -0.3 is 9.84 Å². The van der Waals surface area contributed by atoms with E-state index < -0.39 is 0 Å². The lowest BCUT2D eigenvalue weighted by Gasteiger charge is -2.26. The largest absolute Gasteiger partial charge is 0.465 e. The molecule has 2 heterocycles. The molecule has 1 aliphatic heterocycles. The van der Waals surface area contributed by atoms with Crippen LogP contribution in [0.3, 0.4) is 0 Å². The number of benzene rings is 1. The summed E-state index contributed by atoms with van der Waals surface area (Å²) in [5.74, 6) is 1.06. The highest BCUT2D eigenvalue weighted by Crippen LogP contribution is 2.39. The van der Waals surface area contributed by atoms with Crippen molar-refractivity contribution in [2.24, 2.45) is 11.0 Å². The first kappa shape index (κ1) is 14.7. The van der Waals surface area contributed by atoms with Crippen LogP contribution in [0.2, 0.25) is 0 Å². The van der Waals surface area contributed by atoms with Crippen molar-refractivity contribution in [1.82, 2.24) is 5.43 Å². The Morgan fingerprint density at radius 3 is 3.04 bits per heavy atom. The summed E-state index contributed by atoms with van der Waals surface area (Å²) in [5, 5.41) is 15.6. The molecule has 0 radical (unpaired) electrons. The minimum absolute atomic E-state index is 0.0137. The van der Waals surface area contributed by atoms with Crippen LogP contribution >= 0.6 is 0 Å². The number of nitro benzene ring substituents is 1. The Kier molecular flexibility index (Phi) is 3.65. The molecule has 1 aromatic heterocycles. The Morgan fingerprint density at radius 1 is 1.33 bits per heavy atom. The van der Waals surface area contributed by atoms with Crippen molar-refractivity contribution in [1.29, 1.82) is 0 Å². The Labute approximate surface area is 139 Å². The fourth-order valence-electron chi connectivity index (χ4n) is 3.55. The van der Waals surface area contributed by atoms with Crippen LogP contribution in [-0.4, -0.2) is 10.6 Å². The van der Waals surface area contributed by atoms with Gasteiger partial charge in [0.05, 0.1) is 22.9 Å². The van der Waals surface area contributed by atoms with E-state index in [2.05, 4.69) is 10.5 Å². The molecule has 2 aliphatic rings. The third-order valence-electron chi connectivity index (χ3n) is 4.67. The SMILES string of the molecule is O=[N+]([O-])c1cccc([C@H]2NN=C3/C(=C/c4ccco4)CCC[C@@H]32)c1. The number of rotatable bonds is 3. The van der Waals surface area contributed by atoms with Crippen LogP contribution in [0.15, 0.2) is 57.8 Å². The number of nitrogens with zero attached hydrogens (tertiary/aromatic N) is 2. The Balaban J connectivity index is 1.62. The molecule has 0 spiro atoms. The lowest BCUT2D eigenvalue weighted by Crippen LogP contribution is -2.25. The molecule has 1 aliphatic carbocycles. The van der Waals surface area contributed by atoms with Gasteiger partial charge in [-0.2, -0.15) is 5.10 Å². The number of hydrogen-bond acceptors (Lipinski definition) is 5. The maximum atomic E-state index is 11.0. The molecular weight excluding hydrogens is 306 g/mol. The van der Waals surface area contributed by atoms with Crippen LogP contribution in [0.1, 0.15) is 36.6 Å². The molecule has 2 atom stereocenters. The molecule has 0 saturated heterocycles. The summed E-state index contributed by atoms with van der Waals surface area (Å²) in [5.41, 5.74) is 6.44. The number of nitro groups is 1. The van der Waals surface area contributed by atoms with E-state index in [1.54, 1.807) is 18.4 Å². The molecular formula is C18H17N3O3. The monoisotopic (exact) mass is 323 g/mol. The highest BCUT2D eigenvalue weighted by Gasteiger charge is 2.37. The van der Waals surface area contributed by atoms with Crippen molar-refractivity contribution in [2.75, 3.05) is 0 Å². The fourth-order valence-corrected chi connectivity index (χ4v) is 3.55. The van der Waals surface area contributed by atoms with Gasteiger partial charge in [0.2, 0.25) is 0 Å². The molecule has 4 rings (SSSR count). The van der Waals surface area contributed by atoms with Gasteiger partial charge >= 0.3 is 0 Å². The van der Waals surface area contributed by atoms with Gasteiger partial charge in [-0.25, -0.2) is 0 Å². The minimum Gasteiger partial charge on any atom is -0.465 e. The summed E-state index contributed by atoms with van der Waals surface area (Å²) in [4.78, 5) is 10.7. The van der Waals surface area contributed by atoms with Gasteiger partial charge in [-0.15, -0.1) is 0 Å². The fraction of sp³-hybridized carbons (Fsp3) is 0.278. The Morgan fingerprint density at radius 2 is 2.25 bits per heavy atom. The molecule has 1 aromatic carbocycles. The van der Waals surface area contributed by atoms with Gasteiger partial charge in [0.15, 0.2) is 0 Å². The van der Waals surface area contributed by atoms with E-state index in [9.17, 15) is 10.1 Å². The van der Waals surface area contributed by atoms with Gasteiger partial charge in [0.1, 0.15) is 5.76 Å². The van der Waals surface area contributed by atoms with Crippen LogP contribution in [0.4, 0.5) is 5.69 Å². The van der Waals surface area contributed by atoms with Gasteiger partial charge in [0, 0.05) is 18.1 Å². The van der Waals surface area contributed by atoms with Crippen molar-refractivity contribution in [3.05, 3.63) is 69.7 Å². The smallest absolute Gasteiger partial charge is 0.269 e. The van der Waals surface area contributed by atoms with E-state index in [1.807, 2.05) is 24.3 Å². The first-order valence-corrected chi connectivity index (χ1v) is 8.04. The van der Waals surface area contributed by atoms with Gasteiger partial charge in [-0.05, 0) is 48.6 Å². The number of hydrogen-bond donors (Lipinski definition) is 1. The molecule has 2 aromatic rings. The maximum absolute atomic E-state index is 11.0. The maximum Gasteiger partial charge on any atom is 0.269 e. The van der Waals surface area contributed by atoms with Gasteiger partial charge in [-0.3, -0.25) is 10.1 Å². The average Bonchev–Trinajstić information content (AvgIpc) is 3.25. The second-order valence-electron chi connectivity index (χ2n) is 6.14. The van der Waals surface area contributed by atoms with E-state index >= 15 is 0 Å². The number of allylic oxidation sites excluding steroid dienone is 1. The molecule has 6 nitrogen and oxygen atoms in total. The molecule has 1 saturated carbocycles. The highest BCUT2D eigenvalue weighted by molar-refractivity contribution is 6.06. The van der Waals surface area contributed by atoms with E-state index in [0.717, 1.165) is 36.3 Å². The Hall–Kier alpha value is -2.89. The summed E-state index contributed by atoms with van der Waals surface area (Å²) >= 11 is 0. The van der Waals surface area contributed by atoms with Crippen LogP contribution in [-0.2, 0) is 0 Å². The van der Waals surface area contributed by atoms with Gasteiger partial charge in [-0.1, -0.05) is 12.1 Å². The van der Waals surface area contributed by atoms with E-state index in [4.69, 9.17) is 4.42 Å². The molecule has 0 bridgehead atoms. The topological polar surface area (TPSA) is 80.7 Å². The van der Waals surface area contributed by atoms with Crippen molar-refractivity contribution in [3.8, 4) is 0 Å². The first-order chi connectivity index (χ1) is 11.7. The number of furan rings is 1. The molecule has 122 valence electrons. The molecule has 24 heavy (non-hydrogen) atoms. The van der Waals surface area contributed by atoms with Crippen molar-refractivity contribution in [2.45, 2.75) is 25.3 Å². The highest BCUT2D eigenvalue weighted by atomic mass is 16.6. The molecule has 0 unspecified atom stereocenters. The lowest BCUT2D eigenvalue weighted by molar-refractivity contribution is -0.384. The molecule has 1 N–H and O–H groups in total. The minimum atomic E-state index is -0.358. The van der Waals surface area contributed by atoms with Crippen LogP contribution in [0.25, 0.3) is 6.08 Å². The number of fused-ring (bicyclic) bond motifs is 1. The van der Waals surface area contributed by atoms with Gasteiger partial charge in [0.25, 0.3) is 5.69 Å². The summed E-state index contributed by atoms with van der Waals surface area (Å²) in [6.07, 6.45) is 6.77. The number of non-ortho nitro benzene ring substituents is 1. The average molecular weight is 323 g/mol. The summed E-state index contributed by atoms with van der Waals surface area (Å²) in [7, 11) is 0. The zero-order chi connectivity index (χ0) is 16.5. The number of hydrazone groups is 1. The van der Waals surface area contributed by atoms with Crippen LogP contribution < -0.4 is 5.43 Å².